The van der Waals surface area contributed by atoms with Crippen molar-refractivity contribution < 1.29 is 19.7 Å². The van der Waals surface area contributed by atoms with Crippen molar-refractivity contribution in [1.82, 2.24) is 14.4 Å². The Kier molecular flexibility index (Phi) is 5.81. The molecule has 29 heavy (non-hydrogen) atoms. The van der Waals surface area contributed by atoms with E-state index in [0.29, 0.717) is 18.8 Å². The number of nitrogens with zero attached hydrogens (tertiary/aromatic N) is 3. The first kappa shape index (κ1) is 20.2. The number of aliphatic hydroxyl groups is 2. The highest BCUT2D eigenvalue weighted by molar-refractivity contribution is 5.99. The number of carbonyl (C=O) groups is 1. The highest BCUT2D eigenvalue weighted by Gasteiger charge is 2.37. The number of likely N-dealkylation sites (tertiary alicyclic amines) is 2. The van der Waals surface area contributed by atoms with Gasteiger partial charge in [0.1, 0.15) is 11.4 Å². The summed E-state index contributed by atoms with van der Waals surface area (Å²) in [5.41, 5.74) is 1.63. The highest BCUT2D eigenvalue weighted by Crippen LogP contribution is 2.29. The molecule has 0 saturated carbocycles. The zero-order valence-electron chi connectivity index (χ0n) is 17.3. The van der Waals surface area contributed by atoms with E-state index in [1.807, 2.05) is 40.8 Å². The van der Waals surface area contributed by atoms with Crippen LogP contribution in [0.5, 0.6) is 5.75 Å². The number of fused-ring (bicyclic) bond motifs is 1. The second-order valence-electron chi connectivity index (χ2n) is 8.46. The number of piperidine rings is 1. The van der Waals surface area contributed by atoms with Gasteiger partial charge >= 0.3 is 0 Å². The molecule has 7 nitrogen and oxygen atoms in total. The van der Waals surface area contributed by atoms with Crippen molar-refractivity contribution in [2.45, 2.75) is 18.9 Å². The topological polar surface area (TPSA) is 78.2 Å². The third-order valence-electron chi connectivity index (χ3n) is 6.62. The molecule has 2 aliphatic rings. The molecule has 2 aromatic rings. The van der Waals surface area contributed by atoms with Gasteiger partial charge in [-0.15, -0.1) is 0 Å². The van der Waals surface area contributed by atoms with Crippen molar-refractivity contribution >= 4 is 16.8 Å². The molecule has 2 saturated heterocycles. The number of aliphatic hydroxyl groups excluding tert-OH is 2. The molecule has 1 aromatic heterocycles. The van der Waals surface area contributed by atoms with Crippen LogP contribution in [0.4, 0.5) is 0 Å². The molecule has 2 atom stereocenters. The fraction of sp³-hybridized carbons (Fsp3) is 0.591. The zero-order chi connectivity index (χ0) is 20.5. The normalized spacial score (nSPS) is 23.8. The Hall–Kier alpha value is -2.09. The molecule has 1 aromatic carbocycles. The van der Waals surface area contributed by atoms with Crippen LogP contribution in [0, 0.1) is 11.8 Å². The molecule has 2 fully saturated rings. The smallest absolute Gasteiger partial charge is 0.270 e. The van der Waals surface area contributed by atoms with E-state index < -0.39 is 0 Å². The maximum Gasteiger partial charge on any atom is 0.270 e. The third kappa shape index (κ3) is 3.99. The van der Waals surface area contributed by atoms with Crippen LogP contribution in [-0.2, 0) is 7.05 Å². The van der Waals surface area contributed by atoms with Crippen LogP contribution in [0.25, 0.3) is 10.9 Å². The van der Waals surface area contributed by atoms with Gasteiger partial charge in [-0.2, -0.15) is 0 Å². The van der Waals surface area contributed by atoms with Crippen LogP contribution < -0.4 is 4.74 Å². The number of rotatable bonds is 5. The average molecular weight is 402 g/mol. The molecule has 3 heterocycles. The molecular weight excluding hydrogens is 370 g/mol. The van der Waals surface area contributed by atoms with Gasteiger partial charge in [-0.05, 0) is 37.0 Å². The van der Waals surface area contributed by atoms with Gasteiger partial charge in [0.05, 0.1) is 18.7 Å². The van der Waals surface area contributed by atoms with E-state index in [-0.39, 0.29) is 30.5 Å². The lowest BCUT2D eigenvalue weighted by atomic mass is 9.95. The first-order valence-corrected chi connectivity index (χ1v) is 10.4. The number of benzene rings is 1. The van der Waals surface area contributed by atoms with E-state index in [9.17, 15) is 15.0 Å². The minimum atomic E-state index is -0.188. The van der Waals surface area contributed by atoms with Gasteiger partial charge in [0, 0.05) is 63.7 Å². The Labute approximate surface area is 171 Å². The van der Waals surface area contributed by atoms with E-state index in [2.05, 4.69) is 4.90 Å². The summed E-state index contributed by atoms with van der Waals surface area (Å²) in [5, 5.41) is 20.6. The summed E-state index contributed by atoms with van der Waals surface area (Å²) in [6.45, 7) is 3.98. The number of aryl methyl sites for hydroxylation is 1. The number of ether oxygens (including phenoxy) is 1. The summed E-state index contributed by atoms with van der Waals surface area (Å²) in [5.74, 6) is 1.14. The summed E-state index contributed by atoms with van der Waals surface area (Å²) in [7, 11) is 3.55. The van der Waals surface area contributed by atoms with Gasteiger partial charge in [-0.25, -0.2) is 0 Å². The fourth-order valence-corrected chi connectivity index (χ4v) is 4.76. The molecule has 0 bridgehead atoms. The maximum atomic E-state index is 13.3. The largest absolute Gasteiger partial charge is 0.497 e. The molecule has 0 radical (unpaired) electrons. The summed E-state index contributed by atoms with van der Waals surface area (Å²) in [6, 6.07) is 7.75. The predicted octanol–water partition coefficient (Wildman–Crippen LogP) is 1.32. The number of hydrogen-bond donors (Lipinski definition) is 2. The summed E-state index contributed by atoms with van der Waals surface area (Å²) < 4.78 is 7.24. The van der Waals surface area contributed by atoms with E-state index in [0.717, 1.165) is 49.1 Å². The highest BCUT2D eigenvalue weighted by atomic mass is 16.5. The van der Waals surface area contributed by atoms with Crippen LogP contribution in [0.1, 0.15) is 23.3 Å². The summed E-state index contributed by atoms with van der Waals surface area (Å²) in [4.78, 5) is 17.5. The lowest BCUT2D eigenvalue weighted by Crippen LogP contribution is -2.40. The SMILES string of the molecule is COc1ccc2cc(C(=O)N3C[C@@H](CO)[C@@H](CN4CCC(O)CC4)C3)n(C)c2c1. The van der Waals surface area contributed by atoms with Crippen LogP contribution in [0.2, 0.25) is 0 Å². The van der Waals surface area contributed by atoms with Crippen LogP contribution in [0.3, 0.4) is 0 Å². The molecule has 0 spiro atoms. The Balaban J connectivity index is 1.49. The Bertz CT molecular complexity index is 872. The molecule has 4 rings (SSSR count). The first-order chi connectivity index (χ1) is 14.0. The van der Waals surface area contributed by atoms with Gasteiger partial charge in [-0.1, -0.05) is 0 Å². The Morgan fingerprint density at radius 1 is 1.17 bits per heavy atom. The number of hydrogen-bond acceptors (Lipinski definition) is 5. The van der Waals surface area contributed by atoms with Crippen molar-refractivity contribution in [2.24, 2.45) is 18.9 Å². The third-order valence-corrected chi connectivity index (χ3v) is 6.62. The summed E-state index contributed by atoms with van der Waals surface area (Å²) >= 11 is 0. The van der Waals surface area contributed by atoms with E-state index in [1.54, 1.807) is 7.11 Å². The molecule has 2 N–H and O–H groups in total. The molecule has 2 aliphatic heterocycles. The maximum absolute atomic E-state index is 13.3. The second kappa shape index (κ2) is 8.34. The van der Waals surface area contributed by atoms with Crippen LogP contribution in [-0.4, -0.2) is 83.0 Å². The van der Waals surface area contributed by atoms with Crippen molar-refractivity contribution in [3.63, 3.8) is 0 Å². The first-order valence-electron chi connectivity index (χ1n) is 10.4. The zero-order valence-corrected chi connectivity index (χ0v) is 17.3. The van der Waals surface area contributed by atoms with Gasteiger partial charge in [0.25, 0.3) is 5.91 Å². The number of carbonyl (C=O) groups excluding carboxylic acids is 1. The van der Waals surface area contributed by atoms with Crippen LogP contribution in [0.15, 0.2) is 24.3 Å². The van der Waals surface area contributed by atoms with Crippen molar-refractivity contribution in [1.29, 1.82) is 0 Å². The van der Waals surface area contributed by atoms with Gasteiger partial charge in [0.15, 0.2) is 0 Å². The summed E-state index contributed by atoms with van der Waals surface area (Å²) in [6.07, 6.45) is 1.42. The Morgan fingerprint density at radius 2 is 1.90 bits per heavy atom. The second-order valence-corrected chi connectivity index (χ2v) is 8.46. The molecule has 7 heteroatoms. The fourth-order valence-electron chi connectivity index (χ4n) is 4.76. The number of aromatic nitrogens is 1. The molecule has 0 unspecified atom stereocenters. The lowest BCUT2D eigenvalue weighted by molar-refractivity contribution is 0.0678. The molecule has 1 amide bonds. The lowest BCUT2D eigenvalue weighted by Gasteiger charge is -2.32. The molecule has 0 aliphatic carbocycles. The Morgan fingerprint density at radius 3 is 2.59 bits per heavy atom. The minimum absolute atomic E-state index is 0.0117. The molecular formula is C22H31N3O4. The number of methoxy groups -OCH3 is 1. The van der Waals surface area contributed by atoms with Gasteiger partial charge < -0.3 is 29.3 Å². The number of amides is 1. The van der Waals surface area contributed by atoms with Crippen molar-refractivity contribution in [2.75, 3.05) is 46.4 Å². The predicted molar refractivity (Wildman–Crippen MR) is 111 cm³/mol. The van der Waals surface area contributed by atoms with E-state index in [1.165, 1.54) is 0 Å². The van der Waals surface area contributed by atoms with Crippen molar-refractivity contribution in [3.05, 3.63) is 30.0 Å². The van der Waals surface area contributed by atoms with Gasteiger partial charge in [0.2, 0.25) is 0 Å². The van der Waals surface area contributed by atoms with E-state index >= 15 is 0 Å². The minimum Gasteiger partial charge on any atom is -0.497 e. The van der Waals surface area contributed by atoms with Crippen molar-refractivity contribution in [3.8, 4) is 5.75 Å². The van der Waals surface area contributed by atoms with Crippen LogP contribution >= 0.6 is 0 Å². The quantitative estimate of drug-likeness (QED) is 0.790. The average Bonchev–Trinajstić information content (AvgIpc) is 3.30. The monoisotopic (exact) mass is 401 g/mol. The van der Waals surface area contributed by atoms with E-state index in [4.69, 9.17) is 4.74 Å². The molecule has 158 valence electrons. The standard InChI is InChI=1S/C22H31N3O4/c1-23-20-10-19(29-2)4-3-15(20)9-21(23)22(28)25-12-16(17(13-25)14-26)11-24-7-5-18(27)6-8-24/h3-4,9-10,16-18,26-27H,5-8,11-14H2,1-2H3/t16-,17-/m0/s1. The van der Waals surface area contributed by atoms with Gasteiger partial charge in [-0.3, -0.25) is 4.79 Å².